The number of anilines is 1. The van der Waals surface area contributed by atoms with Crippen molar-refractivity contribution in [3.05, 3.63) is 107 Å². The van der Waals surface area contributed by atoms with E-state index in [4.69, 9.17) is 4.74 Å². The van der Waals surface area contributed by atoms with Crippen molar-refractivity contribution in [3.8, 4) is 5.75 Å². The van der Waals surface area contributed by atoms with Gasteiger partial charge in [-0.2, -0.15) is 13.2 Å². The Morgan fingerprint density at radius 1 is 0.892 bits per heavy atom. The summed E-state index contributed by atoms with van der Waals surface area (Å²) in [5.74, 6) is -2.91. The molecular formula is C27H17F3N2O5. The molecule has 0 bridgehead atoms. The van der Waals surface area contributed by atoms with Gasteiger partial charge in [0, 0.05) is 11.6 Å². The fraction of sp³-hybridized carbons (Fsp3) is 0.0370. The Bertz CT molecular complexity index is 1450. The molecule has 0 spiro atoms. The van der Waals surface area contributed by atoms with Gasteiger partial charge in [-0.3, -0.25) is 14.9 Å². The first-order chi connectivity index (χ1) is 17.6. The monoisotopic (exact) mass is 506 g/mol. The molecule has 0 saturated carbocycles. The van der Waals surface area contributed by atoms with Crippen molar-refractivity contribution in [1.82, 2.24) is 5.32 Å². The van der Waals surface area contributed by atoms with Crippen LogP contribution in [0, 0.1) is 0 Å². The molecule has 1 saturated heterocycles. The molecular weight excluding hydrogens is 489 g/mol. The number of nitrogens with one attached hydrogen (secondary N) is 1. The van der Waals surface area contributed by atoms with Crippen LogP contribution < -0.4 is 15.0 Å². The fourth-order valence-electron chi connectivity index (χ4n) is 3.43. The largest absolute Gasteiger partial charge is 0.423 e. The van der Waals surface area contributed by atoms with Gasteiger partial charge in [0.1, 0.15) is 11.3 Å². The van der Waals surface area contributed by atoms with Gasteiger partial charge in [0.05, 0.1) is 11.3 Å². The molecule has 0 aromatic heterocycles. The van der Waals surface area contributed by atoms with Crippen molar-refractivity contribution in [2.24, 2.45) is 0 Å². The Balaban J connectivity index is 1.63. The smallest absolute Gasteiger partial charge is 0.416 e. The lowest BCUT2D eigenvalue weighted by atomic mass is 10.1. The molecule has 0 atom stereocenters. The summed E-state index contributed by atoms with van der Waals surface area (Å²) in [5, 5.41) is 1.94. The lowest BCUT2D eigenvalue weighted by Gasteiger charge is -2.27. The Kier molecular flexibility index (Phi) is 7.01. The van der Waals surface area contributed by atoms with Gasteiger partial charge in [-0.05, 0) is 42.0 Å². The summed E-state index contributed by atoms with van der Waals surface area (Å²) in [6.07, 6.45) is -0.877. The van der Waals surface area contributed by atoms with E-state index in [1.807, 2.05) is 11.4 Å². The van der Waals surface area contributed by atoms with Gasteiger partial charge in [0.2, 0.25) is 0 Å². The van der Waals surface area contributed by atoms with Gasteiger partial charge < -0.3 is 4.74 Å². The number of urea groups is 1. The number of benzene rings is 3. The minimum atomic E-state index is -4.71. The predicted molar refractivity (Wildman–Crippen MR) is 128 cm³/mol. The van der Waals surface area contributed by atoms with E-state index in [1.165, 1.54) is 18.2 Å². The van der Waals surface area contributed by atoms with Gasteiger partial charge in [0.15, 0.2) is 0 Å². The van der Waals surface area contributed by atoms with E-state index in [0.717, 1.165) is 29.8 Å². The lowest BCUT2D eigenvalue weighted by molar-refractivity contribution is -0.137. The van der Waals surface area contributed by atoms with Crippen molar-refractivity contribution >= 4 is 41.7 Å². The summed E-state index contributed by atoms with van der Waals surface area (Å²) in [5.41, 5.74) is -1.07. The first-order valence-electron chi connectivity index (χ1n) is 10.8. The zero-order chi connectivity index (χ0) is 26.6. The topological polar surface area (TPSA) is 92.8 Å². The minimum Gasteiger partial charge on any atom is -0.423 e. The SMILES string of the molecule is O=C(/C=C/c1ccccc1)Oc1ccccc1/C=C1/C(=O)NC(=O)N(c2cccc(C(F)(F)F)c2)C1=O. The third kappa shape index (κ3) is 5.81. The van der Waals surface area contributed by atoms with Crippen LogP contribution in [-0.4, -0.2) is 23.8 Å². The normalized spacial score (nSPS) is 15.3. The second-order valence-corrected chi connectivity index (χ2v) is 7.71. The van der Waals surface area contributed by atoms with Crippen molar-refractivity contribution in [3.63, 3.8) is 0 Å². The number of nitrogens with zero attached hydrogens (tertiary/aromatic N) is 1. The molecule has 1 fully saturated rings. The molecule has 3 aromatic carbocycles. The van der Waals surface area contributed by atoms with E-state index in [2.05, 4.69) is 0 Å². The molecule has 0 aliphatic carbocycles. The molecule has 1 heterocycles. The fourth-order valence-corrected chi connectivity index (χ4v) is 3.43. The van der Waals surface area contributed by atoms with Gasteiger partial charge in [-0.25, -0.2) is 14.5 Å². The standard InChI is InChI=1S/C27H17F3N2O5/c28-27(29,30)19-10-6-11-20(16-19)32-25(35)21(24(34)31-26(32)36)15-18-9-4-5-12-22(18)37-23(33)14-13-17-7-2-1-3-8-17/h1-16H,(H,31,34,36)/b14-13+,21-15-. The Morgan fingerprint density at radius 2 is 1.59 bits per heavy atom. The summed E-state index contributed by atoms with van der Waals surface area (Å²) < 4.78 is 44.8. The van der Waals surface area contributed by atoms with Crippen LogP contribution >= 0.6 is 0 Å². The number of alkyl halides is 3. The molecule has 4 amide bonds. The molecule has 0 unspecified atom stereocenters. The average Bonchev–Trinajstić information content (AvgIpc) is 2.86. The molecule has 7 nitrogen and oxygen atoms in total. The Hall–Kier alpha value is -4.99. The van der Waals surface area contributed by atoms with Crippen LogP contribution in [0.4, 0.5) is 23.7 Å². The third-order valence-electron chi connectivity index (χ3n) is 5.17. The maximum absolute atomic E-state index is 13.1. The highest BCUT2D eigenvalue weighted by atomic mass is 19.4. The molecule has 186 valence electrons. The van der Waals surface area contributed by atoms with E-state index in [0.29, 0.717) is 11.0 Å². The number of carbonyl (C=O) groups excluding carboxylic acids is 4. The Labute approximate surface area is 208 Å². The second-order valence-electron chi connectivity index (χ2n) is 7.71. The van der Waals surface area contributed by atoms with Crippen molar-refractivity contribution in [2.45, 2.75) is 6.18 Å². The number of carbonyl (C=O) groups is 4. The maximum Gasteiger partial charge on any atom is 0.416 e. The summed E-state index contributed by atoms with van der Waals surface area (Å²) in [6, 6.07) is 17.4. The summed E-state index contributed by atoms with van der Waals surface area (Å²) in [4.78, 5) is 50.7. The van der Waals surface area contributed by atoms with Crippen LogP contribution in [0.2, 0.25) is 0 Å². The first kappa shape index (κ1) is 25.1. The molecule has 1 N–H and O–H groups in total. The van der Waals surface area contributed by atoms with Crippen LogP contribution in [0.15, 0.2) is 90.5 Å². The number of esters is 1. The number of ether oxygens (including phenoxy) is 1. The second kappa shape index (κ2) is 10.3. The van der Waals surface area contributed by atoms with E-state index >= 15 is 0 Å². The predicted octanol–water partition coefficient (Wildman–Crippen LogP) is 4.99. The minimum absolute atomic E-state index is 0.0147. The number of amides is 4. The summed E-state index contributed by atoms with van der Waals surface area (Å²) in [7, 11) is 0. The highest BCUT2D eigenvalue weighted by molar-refractivity contribution is 6.39. The first-order valence-corrected chi connectivity index (χ1v) is 10.8. The number of hydrogen-bond donors (Lipinski definition) is 1. The molecule has 10 heteroatoms. The zero-order valence-electron chi connectivity index (χ0n) is 18.9. The summed E-state index contributed by atoms with van der Waals surface area (Å²) in [6.45, 7) is 0. The Morgan fingerprint density at radius 3 is 2.32 bits per heavy atom. The van der Waals surface area contributed by atoms with Gasteiger partial charge in [-0.1, -0.05) is 54.6 Å². The van der Waals surface area contributed by atoms with Crippen LogP contribution in [0.3, 0.4) is 0 Å². The lowest BCUT2D eigenvalue weighted by Crippen LogP contribution is -2.54. The van der Waals surface area contributed by atoms with Crippen LogP contribution in [0.5, 0.6) is 5.75 Å². The molecule has 1 aliphatic heterocycles. The third-order valence-corrected chi connectivity index (χ3v) is 5.17. The zero-order valence-corrected chi connectivity index (χ0v) is 18.9. The van der Waals surface area contributed by atoms with Crippen LogP contribution in [0.1, 0.15) is 16.7 Å². The molecule has 37 heavy (non-hydrogen) atoms. The van der Waals surface area contributed by atoms with E-state index in [9.17, 15) is 32.3 Å². The summed E-state index contributed by atoms with van der Waals surface area (Å²) >= 11 is 0. The van der Waals surface area contributed by atoms with Crippen molar-refractivity contribution in [1.29, 1.82) is 0 Å². The quantitative estimate of drug-likeness (QED) is 0.228. The number of imide groups is 2. The van der Waals surface area contributed by atoms with Gasteiger partial charge in [-0.15, -0.1) is 0 Å². The van der Waals surface area contributed by atoms with Crippen molar-refractivity contribution in [2.75, 3.05) is 4.90 Å². The van der Waals surface area contributed by atoms with E-state index in [1.54, 1.807) is 42.5 Å². The number of barbiturate groups is 1. The number of rotatable bonds is 5. The molecule has 3 aromatic rings. The number of hydrogen-bond acceptors (Lipinski definition) is 5. The van der Waals surface area contributed by atoms with Gasteiger partial charge >= 0.3 is 18.2 Å². The maximum atomic E-state index is 13.1. The van der Waals surface area contributed by atoms with Crippen molar-refractivity contribution < 1.29 is 37.1 Å². The number of para-hydroxylation sites is 1. The van der Waals surface area contributed by atoms with Gasteiger partial charge in [0.25, 0.3) is 11.8 Å². The molecule has 4 rings (SSSR count). The highest BCUT2D eigenvalue weighted by Crippen LogP contribution is 2.33. The molecule has 0 radical (unpaired) electrons. The van der Waals surface area contributed by atoms with E-state index in [-0.39, 0.29) is 17.0 Å². The van der Waals surface area contributed by atoms with Crippen LogP contribution in [0.25, 0.3) is 12.2 Å². The molecule has 1 aliphatic rings. The highest BCUT2D eigenvalue weighted by Gasteiger charge is 2.38. The van der Waals surface area contributed by atoms with E-state index < -0.39 is 41.1 Å². The average molecular weight is 506 g/mol. The number of halogens is 3. The van der Waals surface area contributed by atoms with Crippen LogP contribution in [-0.2, 0) is 20.6 Å².